The lowest BCUT2D eigenvalue weighted by Crippen LogP contribution is -2.35. The van der Waals surface area contributed by atoms with Gasteiger partial charge in [-0.1, -0.05) is 30.3 Å². The molecule has 3 heteroatoms. The van der Waals surface area contributed by atoms with E-state index in [1.807, 2.05) is 49.4 Å². The minimum absolute atomic E-state index is 0.00831. The molecule has 0 saturated carbocycles. The Labute approximate surface area is 107 Å². The molecule has 2 aromatic rings. The molecule has 1 amide bonds. The lowest BCUT2D eigenvalue weighted by Gasteiger charge is -2.12. The van der Waals surface area contributed by atoms with E-state index in [0.29, 0.717) is 12.2 Å². The number of carbonyl (C=O) groups excluding carboxylic acids is 1. The average Bonchev–Trinajstić information content (AvgIpc) is 2.38. The molecule has 0 fully saturated rings. The number of amides is 1. The van der Waals surface area contributed by atoms with E-state index in [1.54, 1.807) is 7.11 Å². The van der Waals surface area contributed by atoms with Crippen molar-refractivity contribution in [1.82, 2.24) is 5.32 Å². The highest BCUT2D eigenvalue weighted by Gasteiger charge is 2.09. The predicted molar refractivity (Wildman–Crippen MR) is 72.8 cm³/mol. The largest absolute Gasteiger partial charge is 0.383 e. The molecule has 1 N–H and O–H groups in total. The monoisotopic (exact) mass is 243 g/mol. The first-order valence-electron chi connectivity index (χ1n) is 5.99. The van der Waals surface area contributed by atoms with E-state index in [0.717, 1.165) is 10.8 Å². The SMILES string of the molecule is COC[C@H](C)NC(=O)c1ccc2ccccc2c1. The van der Waals surface area contributed by atoms with Gasteiger partial charge < -0.3 is 10.1 Å². The van der Waals surface area contributed by atoms with Gasteiger partial charge in [-0.05, 0) is 29.8 Å². The number of hydrogen-bond donors (Lipinski definition) is 1. The number of hydrogen-bond acceptors (Lipinski definition) is 2. The lowest BCUT2D eigenvalue weighted by atomic mass is 10.1. The molecule has 0 radical (unpaired) electrons. The fourth-order valence-electron chi connectivity index (χ4n) is 1.93. The zero-order chi connectivity index (χ0) is 13.0. The Balaban J connectivity index is 2.17. The number of benzene rings is 2. The molecule has 0 aliphatic carbocycles. The molecular weight excluding hydrogens is 226 g/mol. The molecule has 0 bridgehead atoms. The van der Waals surface area contributed by atoms with Crippen molar-refractivity contribution < 1.29 is 9.53 Å². The van der Waals surface area contributed by atoms with E-state index in [1.165, 1.54) is 0 Å². The van der Waals surface area contributed by atoms with Crippen LogP contribution in [0.4, 0.5) is 0 Å². The van der Waals surface area contributed by atoms with Gasteiger partial charge in [-0.15, -0.1) is 0 Å². The third-order valence-electron chi connectivity index (χ3n) is 2.81. The van der Waals surface area contributed by atoms with Gasteiger partial charge >= 0.3 is 0 Å². The normalized spacial score (nSPS) is 12.3. The first-order chi connectivity index (χ1) is 8.70. The van der Waals surface area contributed by atoms with Crippen molar-refractivity contribution in [3.05, 3.63) is 48.0 Å². The van der Waals surface area contributed by atoms with Gasteiger partial charge in [0.1, 0.15) is 0 Å². The summed E-state index contributed by atoms with van der Waals surface area (Å²) in [5.74, 6) is -0.0645. The van der Waals surface area contributed by atoms with Gasteiger partial charge in [-0.3, -0.25) is 4.79 Å². The van der Waals surface area contributed by atoms with Gasteiger partial charge in [-0.2, -0.15) is 0 Å². The highest BCUT2D eigenvalue weighted by molar-refractivity contribution is 5.98. The van der Waals surface area contributed by atoms with E-state index in [9.17, 15) is 4.79 Å². The number of methoxy groups -OCH3 is 1. The molecule has 18 heavy (non-hydrogen) atoms. The van der Waals surface area contributed by atoms with Gasteiger partial charge in [0.05, 0.1) is 6.61 Å². The molecule has 2 aromatic carbocycles. The molecule has 94 valence electrons. The van der Waals surface area contributed by atoms with Crippen LogP contribution in [-0.4, -0.2) is 25.7 Å². The van der Waals surface area contributed by atoms with Crippen LogP contribution >= 0.6 is 0 Å². The molecule has 0 aromatic heterocycles. The molecule has 0 aliphatic heterocycles. The summed E-state index contributed by atoms with van der Waals surface area (Å²) in [6.45, 7) is 2.43. The third kappa shape index (κ3) is 2.87. The second-order valence-electron chi connectivity index (χ2n) is 4.39. The molecule has 0 saturated heterocycles. The molecule has 1 atom stereocenters. The van der Waals surface area contributed by atoms with Crippen molar-refractivity contribution in [2.24, 2.45) is 0 Å². The van der Waals surface area contributed by atoms with Gasteiger partial charge in [0.2, 0.25) is 0 Å². The van der Waals surface area contributed by atoms with Crippen LogP contribution in [0.2, 0.25) is 0 Å². The zero-order valence-corrected chi connectivity index (χ0v) is 10.6. The number of nitrogens with one attached hydrogen (secondary N) is 1. The maximum Gasteiger partial charge on any atom is 0.251 e. The second-order valence-corrected chi connectivity index (χ2v) is 4.39. The van der Waals surface area contributed by atoms with Gasteiger partial charge in [0.25, 0.3) is 5.91 Å². The van der Waals surface area contributed by atoms with Gasteiger partial charge in [-0.25, -0.2) is 0 Å². The van der Waals surface area contributed by atoms with E-state index in [2.05, 4.69) is 5.32 Å². The first kappa shape index (κ1) is 12.6. The Morgan fingerprint density at radius 1 is 1.22 bits per heavy atom. The maximum atomic E-state index is 12.0. The Morgan fingerprint density at radius 2 is 1.94 bits per heavy atom. The van der Waals surface area contributed by atoms with Crippen molar-refractivity contribution in [2.45, 2.75) is 13.0 Å². The van der Waals surface area contributed by atoms with Gasteiger partial charge in [0.15, 0.2) is 0 Å². The van der Waals surface area contributed by atoms with Crippen LogP contribution in [0.25, 0.3) is 10.8 Å². The van der Waals surface area contributed by atoms with E-state index < -0.39 is 0 Å². The quantitative estimate of drug-likeness (QED) is 0.896. The number of fused-ring (bicyclic) bond motifs is 1. The first-order valence-corrected chi connectivity index (χ1v) is 5.99. The summed E-state index contributed by atoms with van der Waals surface area (Å²) in [6, 6.07) is 13.7. The van der Waals surface area contributed by atoms with Crippen molar-refractivity contribution in [1.29, 1.82) is 0 Å². The van der Waals surface area contributed by atoms with Crippen LogP contribution in [0.15, 0.2) is 42.5 Å². The number of rotatable bonds is 4. The minimum Gasteiger partial charge on any atom is -0.383 e. The summed E-state index contributed by atoms with van der Waals surface area (Å²) in [4.78, 5) is 12.0. The summed E-state index contributed by atoms with van der Waals surface area (Å²) >= 11 is 0. The summed E-state index contributed by atoms with van der Waals surface area (Å²) in [6.07, 6.45) is 0. The van der Waals surface area contributed by atoms with Crippen LogP contribution in [0.5, 0.6) is 0 Å². The Morgan fingerprint density at radius 3 is 2.67 bits per heavy atom. The average molecular weight is 243 g/mol. The number of carbonyl (C=O) groups is 1. The van der Waals surface area contributed by atoms with Crippen molar-refractivity contribution in [3.63, 3.8) is 0 Å². The summed E-state index contributed by atoms with van der Waals surface area (Å²) in [5.41, 5.74) is 0.677. The molecule has 3 nitrogen and oxygen atoms in total. The Bertz CT molecular complexity index is 551. The van der Waals surface area contributed by atoms with E-state index in [4.69, 9.17) is 4.74 Å². The third-order valence-corrected chi connectivity index (χ3v) is 2.81. The fraction of sp³-hybridized carbons (Fsp3) is 0.267. The lowest BCUT2D eigenvalue weighted by molar-refractivity contribution is 0.0905. The molecule has 2 rings (SSSR count). The molecule has 0 aliphatic rings. The van der Waals surface area contributed by atoms with Crippen molar-refractivity contribution >= 4 is 16.7 Å². The standard InChI is InChI=1S/C15H17NO2/c1-11(10-18-2)16-15(17)14-8-7-12-5-3-4-6-13(12)9-14/h3-9,11H,10H2,1-2H3,(H,16,17)/t11-/m0/s1. The fourth-order valence-corrected chi connectivity index (χ4v) is 1.93. The highest BCUT2D eigenvalue weighted by atomic mass is 16.5. The van der Waals surface area contributed by atoms with Crippen LogP contribution in [0.3, 0.4) is 0 Å². The number of ether oxygens (including phenoxy) is 1. The topological polar surface area (TPSA) is 38.3 Å². The summed E-state index contributed by atoms with van der Waals surface area (Å²) in [5, 5.41) is 5.11. The van der Waals surface area contributed by atoms with Crippen molar-refractivity contribution in [3.8, 4) is 0 Å². The molecule has 0 heterocycles. The zero-order valence-electron chi connectivity index (χ0n) is 10.6. The van der Waals surface area contributed by atoms with Crippen LogP contribution in [0, 0.1) is 0 Å². The Hall–Kier alpha value is -1.87. The van der Waals surface area contributed by atoms with E-state index >= 15 is 0 Å². The smallest absolute Gasteiger partial charge is 0.251 e. The summed E-state index contributed by atoms with van der Waals surface area (Å²) in [7, 11) is 1.62. The van der Waals surface area contributed by atoms with E-state index in [-0.39, 0.29) is 11.9 Å². The van der Waals surface area contributed by atoms with Crippen LogP contribution in [-0.2, 0) is 4.74 Å². The highest BCUT2D eigenvalue weighted by Crippen LogP contribution is 2.15. The maximum absolute atomic E-state index is 12.0. The van der Waals surface area contributed by atoms with Crippen molar-refractivity contribution in [2.75, 3.05) is 13.7 Å². The predicted octanol–water partition coefficient (Wildman–Crippen LogP) is 2.60. The van der Waals surface area contributed by atoms with Crippen LogP contribution in [0.1, 0.15) is 17.3 Å². The molecule has 0 spiro atoms. The molecular formula is C15H17NO2. The summed E-state index contributed by atoms with van der Waals surface area (Å²) < 4.78 is 5.00. The molecule has 0 unspecified atom stereocenters. The minimum atomic E-state index is -0.0645. The van der Waals surface area contributed by atoms with Gasteiger partial charge in [0, 0.05) is 18.7 Å². The Kier molecular flexibility index (Phi) is 3.95. The second kappa shape index (κ2) is 5.65. The van der Waals surface area contributed by atoms with Crippen LogP contribution < -0.4 is 5.32 Å².